The molecule has 1 saturated heterocycles. The van der Waals surface area contributed by atoms with E-state index < -0.39 is 0 Å². The summed E-state index contributed by atoms with van der Waals surface area (Å²) >= 11 is 0. The Kier molecular flexibility index (Phi) is 5.56. The molecule has 1 aliphatic heterocycles. The molecular weight excluding hydrogens is 252 g/mol. The minimum absolute atomic E-state index is 0.139. The maximum absolute atomic E-state index is 11.8. The zero-order chi connectivity index (χ0) is 14.4. The number of nitrogens with zero attached hydrogens (tertiary/aromatic N) is 2. The maximum atomic E-state index is 11.8. The lowest BCUT2D eigenvalue weighted by Gasteiger charge is -2.29. The van der Waals surface area contributed by atoms with Crippen molar-refractivity contribution < 1.29 is 9.53 Å². The van der Waals surface area contributed by atoms with Crippen molar-refractivity contribution in [2.24, 2.45) is 0 Å². The highest BCUT2D eigenvalue weighted by atomic mass is 16.5. The predicted molar refractivity (Wildman–Crippen MR) is 79.5 cm³/mol. The molecule has 1 aliphatic rings. The van der Waals surface area contributed by atoms with Gasteiger partial charge in [-0.1, -0.05) is 29.8 Å². The molecular formula is C16H24N2O2. The second-order valence-corrected chi connectivity index (χ2v) is 5.38. The second kappa shape index (κ2) is 7.41. The zero-order valence-electron chi connectivity index (χ0n) is 12.5. The van der Waals surface area contributed by atoms with Crippen LogP contribution in [0, 0.1) is 6.92 Å². The summed E-state index contributed by atoms with van der Waals surface area (Å²) in [6.45, 7) is 9.67. The zero-order valence-corrected chi connectivity index (χ0v) is 12.5. The highest BCUT2D eigenvalue weighted by Gasteiger charge is 2.14. The molecule has 2 rings (SSSR count). The lowest BCUT2D eigenvalue weighted by atomic mass is 10.1. The van der Waals surface area contributed by atoms with Crippen molar-refractivity contribution in [2.75, 3.05) is 39.4 Å². The SMILES string of the molecule is CC(=O)N(CCN1CCOCC1)Cc1cccc(C)c1. The summed E-state index contributed by atoms with van der Waals surface area (Å²) in [4.78, 5) is 16.1. The quantitative estimate of drug-likeness (QED) is 0.820. The lowest BCUT2D eigenvalue weighted by Crippen LogP contribution is -2.42. The van der Waals surface area contributed by atoms with Gasteiger partial charge in [0, 0.05) is 39.6 Å². The molecule has 4 heteroatoms. The van der Waals surface area contributed by atoms with Crippen LogP contribution in [0.3, 0.4) is 0 Å². The largest absolute Gasteiger partial charge is 0.379 e. The second-order valence-electron chi connectivity index (χ2n) is 5.38. The number of hydrogen-bond acceptors (Lipinski definition) is 3. The molecule has 0 N–H and O–H groups in total. The Balaban J connectivity index is 1.88. The summed E-state index contributed by atoms with van der Waals surface area (Å²) < 4.78 is 5.34. The average Bonchev–Trinajstić information content (AvgIpc) is 2.44. The molecule has 0 atom stereocenters. The summed E-state index contributed by atoms with van der Waals surface area (Å²) in [5.41, 5.74) is 2.43. The molecule has 0 unspecified atom stereocenters. The van der Waals surface area contributed by atoms with Gasteiger partial charge in [0.05, 0.1) is 13.2 Å². The minimum atomic E-state index is 0.139. The van der Waals surface area contributed by atoms with E-state index in [1.54, 1.807) is 6.92 Å². The molecule has 110 valence electrons. The van der Waals surface area contributed by atoms with E-state index in [2.05, 4.69) is 30.0 Å². The van der Waals surface area contributed by atoms with Gasteiger partial charge in [0.1, 0.15) is 0 Å². The summed E-state index contributed by atoms with van der Waals surface area (Å²) in [6, 6.07) is 8.35. The number of amides is 1. The highest BCUT2D eigenvalue weighted by molar-refractivity contribution is 5.73. The van der Waals surface area contributed by atoms with Gasteiger partial charge in [0.2, 0.25) is 5.91 Å². The van der Waals surface area contributed by atoms with Crippen LogP contribution in [0.4, 0.5) is 0 Å². The van der Waals surface area contributed by atoms with E-state index in [0.717, 1.165) is 39.4 Å². The van der Waals surface area contributed by atoms with Crippen LogP contribution in [0.2, 0.25) is 0 Å². The van der Waals surface area contributed by atoms with Crippen LogP contribution < -0.4 is 0 Å². The van der Waals surface area contributed by atoms with E-state index in [1.165, 1.54) is 11.1 Å². The third kappa shape index (κ3) is 4.62. The number of carbonyl (C=O) groups excluding carboxylic acids is 1. The van der Waals surface area contributed by atoms with E-state index in [-0.39, 0.29) is 5.91 Å². The van der Waals surface area contributed by atoms with Crippen LogP contribution in [-0.2, 0) is 16.1 Å². The Morgan fingerprint density at radius 3 is 2.75 bits per heavy atom. The van der Waals surface area contributed by atoms with Gasteiger partial charge in [-0.15, -0.1) is 0 Å². The van der Waals surface area contributed by atoms with Gasteiger partial charge in [-0.2, -0.15) is 0 Å². The number of hydrogen-bond donors (Lipinski definition) is 0. The Bertz CT molecular complexity index is 442. The Labute approximate surface area is 121 Å². The van der Waals surface area contributed by atoms with Gasteiger partial charge in [-0.25, -0.2) is 0 Å². The monoisotopic (exact) mass is 276 g/mol. The van der Waals surface area contributed by atoms with Gasteiger partial charge in [-0.05, 0) is 12.5 Å². The van der Waals surface area contributed by atoms with Crippen molar-refractivity contribution in [1.82, 2.24) is 9.80 Å². The van der Waals surface area contributed by atoms with Crippen LogP contribution >= 0.6 is 0 Å². The topological polar surface area (TPSA) is 32.8 Å². The Hall–Kier alpha value is -1.39. The number of aryl methyl sites for hydroxylation is 1. The smallest absolute Gasteiger partial charge is 0.219 e. The first-order valence-corrected chi connectivity index (χ1v) is 7.26. The van der Waals surface area contributed by atoms with E-state index in [9.17, 15) is 4.79 Å². The fourth-order valence-corrected chi connectivity index (χ4v) is 2.47. The molecule has 0 aliphatic carbocycles. The third-order valence-corrected chi connectivity index (χ3v) is 3.69. The van der Waals surface area contributed by atoms with Gasteiger partial charge < -0.3 is 9.64 Å². The van der Waals surface area contributed by atoms with Gasteiger partial charge >= 0.3 is 0 Å². The molecule has 1 heterocycles. The summed E-state index contributed by atoms with van der Waals surface area (Å²) in [6.07, 6.45) is 0. The lowest BCUT2D eigenvalue weighted by molar-refractivity contribution is -0.129. The Morgan fingerprint density at radius 2 is 2.10 bits per heavy atom. The first kappa shape index (κ1) is 15.0. The van der Waals surface area contributed by atoms with Crippen molar-refractivity contribution in [3.8, 4) is 0 Å². The third-order valence-electron chi connectivity index (χ3n) is 3.69. The summed E-state index contributed by atoms with van der Waals surface area (Å²) in [5, 5.41) is 0. The highest BCUT2D eigenvalue weighted by Crippen LogP contribution is 2.08. The molecule has 0 radical (unpaired) electrons. The van der Waals surface area contributed by atoms with Gasteiger partial charge in [-0.3, -0.25) is 9.69 Å². The van der Waals surface area contributed by atoms with Gasteiger partial charge in [0.15, 0.2) is 0 Å². The standard InChI is InChI=1S/C16H24N2O2/c1-14-4-3-5-16(12-14)13-18(15(2)19)7-6-17-8-10-20-11-9-17/h3-5,12H,6-11,13H2,1-2H3. The molecule has 0 aromatic heterocycles. The molecule has 1 aromatic rings. The summed E-state index contributed by atoms with van der Waals surface area (Å²) in [7, 11) is 0. The molecule has 20 heavy (non-hydrogen) atoms. The molecule has 0 spiro atoms. The number of rotatable bonds is 5. The normalized spacial score (nSPS) is 16.1. The van der Waals surface area contributed by atoms with Crippen molar-refractivity contribution in [2.45, 2.75) is 20.4 Å². The predicted octanol–water partition coefficient (Wildman–Crippen LogP) is 1.68. The molecule has 0 saturated carbocycles. The maximum Gasteiger partial charge on any atom is 0.219 e. The fourth-order valence-electron chi connectivity index (χ4n) is 2.47. The Morgan fingerprint density at radius 1 is 1.35 bits per heavy atom. The van der Waals surface area contributed by atoms with Crippen LogP contribution in [0.1, 0.15) is 18.1 Å². The van der Waals surface area contributed by atoms with Crippen molar-refractivity contribution in [1.29, 1.82) is 0 Å². The van der Waals surface area contributed by atoms with Crippen LogP contribution in [-0.4, -0.2) is 55.1 Å². The average molecular weight is 276 g/mol. The van der Waals surface area contributed by atoms with Gasteiger partial charge in [0.25, 0.3) is 0 Å². The number of ether oxygens (including phenoxy) is 1. The van der Waals surface area contributed by atoms with Crippen LogP contribution in [0.5, 0.6) is 0 Å². The van der Waals surface area contributed by atoms with Crippen molar-refractivity contribution in [3.05, 3.63) is 35.4 Å². The van der Waals surface area contributed by atoms with E-state index in [1.807, 2.05) is 11.0 Å². The first-order chi connectivity index (χ1) is 9.65. The van der Waals surface area contributed by atoms with Crippen LogP contribution in [0.15, 0.2) is 24.3 Å². The molecule has 1 amide bonds. The summed E-state index contributed by atoms with van der Waals surface area (Å²) in [5.74, 6) is 0.139. The number of carbonyl (C=O) groups is 1. The molecule has 0 bridgehead atoms. The molecule has 1 fully saturated rings. The molecule has 4 nitrogen and oxygen atoms in total. The van der Waals surface area contributed by atoms with Crippen molar-refractivity contribution in [3.63, 3.8) is 0 Å². The van der Waals surface area contributed by atoms with E-state index in [4.69, 9.17) is 4.74 Å². The first-order valence-electron chi connectivity index (χ1n) is 7.26. The minimum Gasteiger partial charge on any atom is -0.379 e. The van der Waals surface area contributed by atoms with E-state index in [0.29, 0.717) is 6.54 Å². The van der Waals surface area contributed by atoms with Crippen molar-refractivity contribution >= 4 is 5.91 Å². The molecule has 1 aromatic carbocycles. The fraction of sp³-hybridized carbons (Fsp3) is 0.562. The number of morpholine rings is 1. The van der Waals surface area contributed by atoms with E-state index >= 15 is 0 Å². The van der Waals surface area contributed by atoms with Crippen LogP contribution in [0.25, 0.3) is 0 Å². The number of benzene rings is 1.